The number of benzene rings is 4. The molecule has 5 nitrogen and oxygen atoms in total. The minimum absolute atomic E-state index is 0.683. The van der Waals surface area contributed by atoms with Crippen molar-refractivity contribution >= 4 is 21.6 Å². The number of methoxy groups -OCH3 is 4. The van der Waals surface area contributed by atoms with E-state index in [1.54, 1.807) is 39.8 Å². The van der Waals surface area contributed by atoms with Crippen LogP contribution >= 0.6 is 11.3 Å². The fourth-order valence-electron chi connectivity index (χ4n) is 4.11. The lowest BCUT2D eigenvalue weighted by molar-refractivity contribution is 0.355. The van der Waals surface area contributed by atoms with Crippen LogP contribution in [0, 0.1) is 0 Å². The van der Waals surface area contributed by atoms with Crippen LogP contribution in [-0.2, 0) is 0 Å². The Morgan fingerprint density at radius 3 is 1.54 bits per heavy atom. The van der Waals surface area contributed by atoms with Crippen molar-refractivity contribution in [3.8, 4) is 55.8 Å². The van der Waals surface area contributed by atoms with Gasteiger partial charge in [0.2, 0.25) is 0 Å². The Hall–Kier alpha value is -4.03. The number of aromatic nitrogens is 1. The number of hydrogen-bond acceptors (Lipinski definition) is 6. The maximum Gasteiger partial charge on any atom is 0.161 e. The zero-order valence-electron chi connectivity index (χ0n) is 20.0. The average molecular weight is 484 g/mol. The Morgan fingerprint density at radius 1 is 0.514 bits per heavy atom. The molecule has 1 heterocycles. The van der Waals surface area contributed by atoms with E-state index in [4.69, 9.17) is 23.9 Å². The van der Waals surface area contributed by atoms with Gasteiger partial charge in [-0.3, -0.25) is 0 Å². The summed E-state index contributed by atoms with van der Waals surface area (Å²) in [5.41, 5.74) is 6.18. The van der Waals surface area contributed by atoms with Crippen molar-refractivity contribution in [1.29, 1.82) is 0 Å². The van der Waals surface area contributed by atoms with Gasteiger partial charge in [-0.05, 0) is 76.9 Å². The molecule has 0 fully saturated rings. The van der Waals surface area contributed by atoms with Crippen LogP contribution in [0.25, 0.3) is 43.0 Å². The molecule has 6 heteroatoms. The number of thiazole rings is 1. The predicted molar refractivity (Wildman–Crippen MR) is 142 cm³/mol. The quantitative estimate of drug-likeness (QED) is 0.243. The van der Waals surface area contributed by atoms with E-state index in [1.807, 2.05) is 54.6 Å². The van der Waals surface area contributed by atoms with Crippen molar-refractivity contribution in [2.75, 3.05) is 28.4 Å². The van der Waals surface area contributed by atoms with Gasteiger partial charge in [0.1, 0.15) is 5.01 Å². The Bertz CT molecular complexity index is 1400. The molecule has 0 amide bonds. The van der Waals surface area contributed by atoms with E-state index < -0.39 is 0 Å². The molecule has 0 N–H and O–H groups in total. The second-order valence-corrected chi connectivity index (χ2v) is 8.96. The molecule has 0 atom stereocenters. The molecule has 0 spiro atoms. The van der Waals surface area contributed by atoms with Crippen LogP contribution in [0.1, 0.15) is 0 Å². The van der Waals surface area contributed by atoms with E-state index in [9.17, 15) is 0 Å². The van der Waals surface area contributed by atoms with Gasteiger partial charge in [0.15, 0.2) is 23.0 Å². The maximum absolute atomic E-state index is 5.56. The summed E-state index contributed by atoms with van der Waals surface area (Å²) in [5, 5.41) is 0.968. The highest BCUT2D eigenvalue weighted by Gasteiger charge is 2.14. The first-order valence-corrected chi connectivity index (χ1v) is 11.9. The largest absolute Gasteiger partial charge is 0.493 e. The maximum atomic E-state index is 5.56. The molecular weight excluding hydrogens is 458 g/mol. The lowest BCUT2D eigenvalue weighted by Crippen LogP contribution is -1.92. The lowest BCUT2D eigenvalue weighted by Gasteiger charge is -2.14. The van der Waals surface area contributed by atoms with Gasteiger partial charge in [-0.1, -0.05) is 24.3 Å². The fourth-order valence-corrected chi connectivity index (χ4v) is 5.06. The first-order chi connectivity index (χ1) is 17.1. The van der Waals surface area contributed by atoms with Gasteiger partial charge in [0, 0.05) is 5.56 Å². The highest BCUT2D eigenvalue weighted by atomic mass is 32.1. The third-order valence-electron chi connectivity index (χ3n) is 5.91. The summed E-state index contributed by atoms with van der Waals surface area (Å²) in [6.07, 6.45) is 0. The highest BCUT2D eigenvalue weighted by Crippen LogP contribution is 2.40. The third kappa shape index (κ3) is 4.40. The van der Waals surface area contributed by atoms with Crippen molar-refractivity contribution in [1.82, 2.24) is 4.98 Å². The summed E-state index contributed by atoms with van der Waals surface area (Å²) in [6, 6.07) is 26.6. The zero-order valence-corrected chi connectivity index (χ0v) is 20.8. The van der Waals surface area contributed by atoms with E-state index in [2.05, 4.69) is 24.3 Å². The van der Waals surface area contributed by atoms with Crippen LogP contribution in [0.3, 0.4) is 0 Å². The van der Waals surface area contributed by atoms with E-state index in [0.717, 1.165) is 43.0 Å². The van der Waals surface area contributed by atoms with E-state index in [1.165, 1.54) is 0 Å². The number of fused-ring (bicyclic) bond motifs is 1. The summed E-state index contributed by atoms with van der Waals surface area (Å²) in [6.45, 7) is 0. The first-order valence-electron chi connectivity index (χ1n) is 11.1. The molecule has 1 aromatic heterocycles. The number of nitrogens with zero attached hydrogens (tertiary/aromatic N) is 1. The molecule has 0 saturated carbocycles. The minimum atomic E-state index is 0.683. The summed E-state index contributed by atoms with van der Waals surface area (Å²) >= 11 is 1.69. The third-order valence-corrected chi connectivity index (χ3v) is 6.99. The van der Waals surface area contributed by atoms with E-state index >= 15 is 0 Å². The number of para-hydroxylation sites is 1. The summed E-state index contributed by atoms with van der Waals surface area (Å²) < 4.78 is 23.1. The van der Waals surface area contributed by atoms with Gasteiger partial charge in [-0.25, -0.2) is 4.98 Å². The van der Waals surface area contributed by atoms with Crippen LogP contribution in [0.4, 0.5) is 0 Å². The van der Waals surface area contributed by atoms with Crippen molar-refractivity contribution in [3.63, 3.8) is 0 Å². The molecule has 0 aliphatic carbocycles. The molecule has 0 radical (unpaired) electrons. The number of ether oxygens (including phenoxy) is 4. The standard InChI is InChI=1S/C29H25NO4S/c1-31-24-11-9-18(16-26(24)33-3)20-13-21(19-10-12-25(32-2)27(17-19)34-4)15-22(14-20)29-30-23-7-5-6-8-28(23)35-29/h5-17H,1-4H3. The van der Waals surface area contributed by atoms with Gasteiger partial charge in [0.05, 0.1) is 38.7 Å². The molecular formula is C29H25NO4S. The highest BCUT2D eigenvalue weighted by molar-refractivity contribution is 7.21. The molecule has 35 heavy (non-hydrogen) atoms. The molecule has 5 rings (SSSR count). The number of rotatable bonds is 7. The van der Waals surface area contributed by atoms with E-state index in [-0.39, 0.29) is 0 Å². The molecule has 5 aromatic rings. The van der Waals surface area contributed by atoms with Crippen molar-refractivity contribution in [2.24, 2.45) is 0 Å². The Kier molecular flexibility index (Phi) is 6.29. The van der Waals surface area contributed by atoms with Crippen LogP contribution in [0.15, 0.2) is 78.9 Å². The molecule has 0 saturated heterocycles. The molecule has 0 aliphatic rings. The van der Waals surface area contributed by atoms with Gasteiger partial charge in [0.25, 0.3) is 0 Å². The Balaban J connectivity index is 1.70. The SMILES string of the molecule is COc1ccc(-c2cc(-c3ccc(OC)c(OC)c3)cc(-c3nc4ccccc4s3)c2)cc1OC. The Morgan fingerprint density at radius 2 is 1.03 bits per heavy atom. The molecule has 4 aromatic carbocycles. The lowest BCUT2D eigenvalue weighted by atomic mass is 9.95. The fraction of sp³-hybridized carbons (Fsp3) is 0.138. The van der Waals surface area contributed by atoms with Gasteiger partial charge >= 0.3 is 0 Å². The van der Waals surface area contributed by atoms with Gasteiger partial charge < -0.3 is 18.9 Å². The first kappa shape index (κ1) is 22.7. The van der Waals surface area contributed by atoms with Crippen LogP contribution in [0.2, 0.25) is 0 Å². The minimum Gasteiger partial charge on any atom is -0.493 e. The molecule has 0 bridgehead atoms. The summed E-state index contributed by atoms with van der Waals surface area (Å²) in [5.74, 6) is 2.75. The molecule has 0 unspecified atom stereocenters. The molecule has 0 aliphatic heterocycles. The zero-order chi connectivity index (χ0) is 24.4. The van der Waals surface area contributed by atoms with Crippen molar-refractivity contribution in [3.05, 3.63) is 78.9 Å². The summed E-state index contributed by atoms with van der Waals surface area (Å²) in [7, 11) is 6.57. The van der Waals surface area contributed by atoms with Gasteiger partial charge in [-0.15, -0.1) is 11.3 Å². The molecule has 176 valence electrons. The van der Waals surface area contributed by atoms with Crippen molar-refractivity contribution < 1.29 is 18.9 Å². The van der Waals surface area contributed by atoms with Crippen LogP contribution in [0.5, 0.6) is 23.0 Å². The predicted octanol–water partition coefficient (Wildman–Crippen LogP) is 7.33. The van der Waals surface area contributed by atoms with Crippen molar-refractivity contribution in [2.45, 2.75) is 0 Å². The van der Waals surface area contributed by atoms with Crippen LogP contribution in [-0.4, -0.2) is 33.4 Å². The topological polar surface area (TPSA) is 49.8 Å². The summed E-state index contributed by atoms with van der Waals surface area (Å²) in [4.78, 5) is 4.90. The second-order valence-electron chi connectivity index (χ2n) is 7.93. The average Bonchev–Trinajstić information content (AvgIpc) is 3.36. The van der Waals surface area contributed by atoms with Crippen LogP contribution < -0.4 is 18.9 Å². The Labute approximate surface area is 208 Å². The normalized spacial score (nSPS) is 10.9. The van der Waals surface area contributed by atoms with Gasteiger partial charge in [-0.2, -0.15) is 0 Å². The van der Waals surface area contributed by atoms with E-state index in [0.29, 0.717) is 23.0 Å². The number of hydrogen-bond donors (Lipinski definition) is 0. The monoisotopic (exact) mass is 483 g/mol. The smallest absolute Gasteiger partial charge is 0.161 e. The second kappa shape index (κ2) is 9.68.